The topological polar surface area (TPSA) is 37.3 Å². The van der Waals surface area contributed by atoms with Gasteiger partial charge in [-0.05, 0) is 31.1 Å². The molecule has 2 aromatic rings. The first-order valence-electron chi connectivity index (χ1n) is 10.7. The summed E-state index contributed by atoms with van der Waals surface area (Å²) in [4.78, 5) is 13.9. The lowest BCUT2D eigenvalue weighted by Gasteiger charge is -2.53. The number of hydrogen-bond donors (Lipinski definition) is 0. The monoisotopic (exact) mass is 405 g/mol. The molecule has 0 unspecified atom stereocenters. The molecule has 4 atom stereocenters. The van der Waals surface area contributed by atoms with E-state index < -0.39 is 0 Å². The minimum absolute atomic E-state index is 0.0760. The standard InChI is InChI=1S/C25H31N3O2/c1-18(2)22(17-29-4)26-25(20-11-7-5-8-12-20)27-19(3)23-15-16-24(27)30-28(23)21-13-9-6-10-14-21/h5-16,18-19,22-24H,17H2,1-4H3/t19-,22-,23+,24-/m1/s1. The smallest absolute Gasteiger partial charge is 0.178 e. The van der Waals surface area contributed by atoms with E-state index in [9.17, 15) is 0 Å². The van der Waals surface area contributed by atoms with Crippen molar-refractivity contribution in [1.82, 2.24) is 4.90 Å². The second-order valence-corrected chi connectivity index (χ2v) is 8.27. The Morgan fingerprint density at radius 1 is 1.03 bits per heavy atom. The third kappa shape index (κ3) is 4.00. The van der Waals surface area contributed by atoms with Gasteiger partial charge in [0.15, 0.2) is 6.23 Å². The van der Waals surface area contributed by atoms with Gasteiger partial charge in [-0.15, -0.1) is 0 Å². The number of hydroxylamine groups is 1. The first kappa shape index (κ1) is 20.6. The predicted octanol–water partition coefficient (Wildman–Crippen LogP) is 4.51. The Morgan fingerprint density at radius 2 is 1.70 bits per heavy atom. The second kappa shape index (κ2) is 9.02. The number of anilines is 1. The number of ether oxygens (including phenoxy) is 1. The van der Waals surface area contributed by atoms with Crippen LogP contribution in [0.1, 0.15) is 26.3 Å². The van der Waals surface area contributed by atoms with Crippen LogP contribution in [-0.4, -0.2) is 48.8 Å². The molecule has 3 aliphatic rings. The van der Waals surface area contributed by atoms with Gasteiger partial charge < -0.3 is 9.64 Å². The van der Waals surface area contributed by atoms with Gasteiger partial charge in [-0.25, -0.2) is 9.90 Å². The molecule has 158 valence electrons. The van der Waals surface area contributed by atoms with Gasteiger partial charge in [-0.3, -0.25) is 4.99 Å². The van der Waals surface area contributed by atoms with Crippen molar-refractivity contribution in [2.75, 3.05) is 18.8 Å². The first-order valence-corrected chi connectivity index (χ1v) is 10.7. The molecule has 1 saturated heterocycles. The van der Waals surface area contributed by atoms with Crippen LogP contribution >= 0.6 is 0 Å². The number of rotatable bonds is 6. The van der Waals surface area contributed by atoms with Crippen LogP contribution in [0.5, 0.6) is 0 Å². The SMILES string of the molecule is COC[C@@H](N=C(c1ccccc1)N1[C@H](C)[C@@H]2C=C[C@H]1ON2c1ccccc1)C(C)C. The van der Waals surface area contributed by atoms with Gasteiger partial charge in [0.25, 0.3) is 0 Å². The average Bonchev–Trinajstić information content (AvgIpc) is 2.78. The number of hydrogen-bond acceptors (Lipinski definition) is 4. The second-order valence-electron chi connectivity index (χ2n) is 8.27. The zero-order valence-electron chi connectivity index (χ0n) is 18.2. The van der Waals surface area contributed by atoms with Gasteiger partial charge in [-0.2, -0.15) is 0 Å². The molecule has 2 bridgehead atoms. The van der Waals surface area contributed by atoms with Crippen molar-refractivity contribution in [1.29, 1.82) is 0 Å². The molecule has 0 radical (unpaired) electrons. The largest absolute Gasteiger partial charge is 0.382 e. The van der Waals surface area contributed by atoms with Gasteiger partial charge in [0.2, 0.25) is 0 Å². The summed E-state index contributed by atoms with van der Waals surface area (Å²) in [6.45, 7) is 7.22. The molecule has 30 heavy (non-hydrogen) atoms. The molecule has 0 spiro atoms. The predicted molar refractivity (Wildman–Crippen MR) is 122 cm³/mol. The number of benzene rings is 2. The Bertz CT molecular complexity index is 882. The third-order valence-electron chi connectivity index (χ3n) is 5.85. The summed E-state index contributed by atoms with van der Waals surface area (Å²) >= 11 is 0. The normalized spacial score (nSPS) is 24.6. The van der Waals surface area contributed by atoms with E-state index in [4.69, 9.17) is 14.6 Å². The molecule has 2 aromatic carbocycles. The fourth-order valence-corrected chi connectivity index (χ4v) is 4.11. The quantitative estimate of drug-likeness (QED) is 0.403. The highest BCUT2D eigenvalue weighted by molar-refractivity contribution is 5.99. The lowest BCUT2D eigenvalue weighted by Crippen LogP contribution is -2.65. The Kier molecular flexibility index (Phi) is 6.21. The van der Waals surface area contributed by atoms with E-state index in [2.05, 4.69) is 74.2 Å². The van der Waals surface area contributed by atoms with Gasteiger partial charge in [0, 0.05) is 12.7 Å². The molecule has 1 fully saturated rings. The molecule has 3 aliphatic heterocycles. The summed E-state index contributed by atoms with van der Waals surface area (Å²) in [5, 5.41) is 2.03. The van der Waals surface area contributed by atoms with Crippen LogP contribution in [0.3, 0.4) is 0 Å². The molecule has 0 aliphatic carbocycles. The Morgan fingerprint density at radius 3 is 2.30 bits per heavy atom. The molecule has 0 N–H and O–H groups in total. The zero-order valence-corrected chi connectivity index (χ0v) is 18.2. The number of fused-ring (bicyclic) bond motifs is 2. The summed E-state index contributed by atoms with van der Waals surface area (Å²) in [5.41, 5.74) is 2.17. The van der Waals surface area contributed by atoms with E-state index in [-0.39, 0.29) is 24.4 Å². The fourth-order valence-electron chi connectivity index (χ4n) is 4.11. The highest BCUT2D eigenvalue weighted by Crippen LogP contribution is 2.35. The van der Waals surface area contributed by atoms with Crippen molar-refractivity contribution in [3.05, 3.63) is 78.4 Å². The number of para-hydroxylation sites is 1. The van der Waals surface area contributed by atoms with Crippen molar-refractivity contribution < 1.29 is 9.57 Å². The average molecular weight is 406 g/mol. The number of methoxy groups -OCH3 is 1. The highest BCUT2D eigenvalue weighted by Gasteiger charge is 2.44. The van der Waals surface area contributed by atoms with Crippen molar-refractivity contribution in [3.63, 3.8) is 0 Å². The van der Waals surface area contributed by atoms with Crippen molar-refractivity contribution >= 4 is 11.5 Å². The molecule has 5 heteroatoms. The third-order valence-corrected chi connectivity index (χ3v) is 5.85. The van der Waals surface area contributed by atoms with Crippen LogP contribution in [0.2, 0.25) is 0 Å². The van der Waals surface area contributed by atoms with Crippen molar-refractivity contribution in [2.24, 2.45) is 10.9 Å². The Labute approximate surface area is 179 Å². The molecular formula is C25H31N3O2. The number of nitrogens with zero attached hydrogens (tertiary/aromatic N) is 3. The first-order chi connectivity index (χ1) is 14.6. The summed E-state index contributed by atoms with van der Waals surface area (Å²) in [6, 6.07) is 21.1. The van der Waals surface area contributed by atoms with E-state index in [0.717, 1.165) is 17.1 Å². The molecule has 5 rings (SSSR count). The minimum atomic E-state index is -0.209. The van der Waals surface area contributed by atoms with E-state index >= 15 is 0 Å². The van der Waals surface area contributed by atoms with Gasteiger partial charge in [-0.1, -0.05) is 68.5 Å². The summed E-state index contributed by atoms with van der Waals surface area (Å²) in [6.07, 6.45) is 4.18. The van der Waals surface area contributed by atoms with E-state index in [0.29, 0.717) is 12.5 Å². The van der Waals surface area contributed by atoms with Crippen LogP contribution in [0.15, 0.2) is 77.8 Å². The van der Waals surface area contributed by atoms with Gasteiger partial charge in [0.05, 0.1) is 30.4 Å². The summed E-state index contributed by atoms with van der Waals surface area (Å²) in [7, 11) is 1.74. The summed E-state index contributed by atoms with van der Waals surface area (Å²) < 4.78 is 5.47. The minimum Gasteiger partial charge on any atom is -0.382 e. The Hall–Kier alpha value is -2.63. The molecule has 3 heterocycles. The Balaban J connectivity index is 1.71. The zero-order chi connectivity index (χ0) is 21.1. The van der Waals surface area contributed by atoms with Crippen molar-refractivity contribution in [2.45, 2.75) is 45.1 Å². The molecule has 0 aromatic heterocycles. The maximum atomic E-state index is 6.42. The van der Waals surface area contributed by atoms with E-state index in [1.165, 1.54) is 0 Å². The van der Waals surface area contributed by atoms with Gasteiger partial charge >= 0.3 is 0 Å². The molecule has 0 saturated carbocycles. The number of aliphatic imine (C=N–C) groups is 1. The highest BCUT2D eigenvalue weighted by atomic mass is 16.7. The molecular weight excluding hydrogens is 374 g/mol. The summed E-state index contributed by atoms with van der Waals surface area (Å²) in [5.74, 6) is 1.34. The maximum Gasteiger partial charge on any atom is 0.178 e. The fraction of sp³-hybridized carbons (Fsp3) is 0.400. The van der Waals surface area contributed by atoms with Crippen LogP contribution < -0.4 is 5.06 Å². The van der Waals surface area contributed by atoms with E-state index in [1.54, 1.807) is 7.11 Å². The molecule has 0 amide bonds. The van der Waals surface area contributed by atoms with Crippen molar-refractivity contribution in [3.8, 4) is 0 Å². The van der Waals surface area contributed by atoms with Crippen LogP contribution in [0, 0.1) is 5.92 Å². The van der Waals surface area contributed by atoms with E-state index in [1.807, 2.05) is 29.3 Å². The van der Waals surface area contributed by atoms with Gasteiger partial charge in [0.1, 0.15) is 5.84 Å². The van der Waals surface area contributed by atoms with Crippen LogP contribution in [-0.2, 0) is 9.57 Å². The maximum absolute atomic E-state index is 6.42. The lowest BCUT2D eigenvalue weighted by atomic mass is 9.98. The number of amidine groups is 1. The van der Waals surface area contributed by atoms with Crippen LogP contribution in [0.4, 0.5) is 5.69 Å². The molecule has 5 nitrogen and oxygen atoms in total. The lowest BCUT2D eigenvalue weighted by molar-refractivity contribution is -0.0881. The van der Waals surface area contributed by atoms with Crippen LogP contribution in [0.25, 0.3) is 0 Å².